The summed E-state index contributed by atoms with van der Waals surface area (Å²) in [6, 6.07) is 10.8. The first-order valence-corrected chi connectivity index (χ1v) is 5.67. The van der Waals surface area contributed by atoms with Gasteiger partial charge in [-0.15, -0.1) is 0 Å². The second kappa shape index (κ2) is 5.38. The van der Waals surface area contributed by atoms with Crippen LogP contribution in [0.15, 0.2) is 42.7 Å². The molecule has 0 bridgehead atoms. The van der Waals surface area contributed by atoms with Crippen LogP contribution in [0.3, 0.4) is 0 Å². The maximum absolute atomic E-state index is 12.0. The van der Waals surface area contributed by atoms with Crippen LogP contribution in [0.2, 0.25) is 0 Å². The predicted octanol–water partition coefficient (Wildman–Crippen LogP) is 1.98. The number of carbonyl (C=O) groups is 1. The van der Waals surface area contributed by atoms with Gasteiger partial charge in [-0.25, -0.2) is 5.06 Å². The molecular weight excluding hydrogens is 242 g/mol. The molecule has 0 aliphatic rings. The standard InChI is InChI=1S/C14H13N3O2/c1-16(19-2)14(18)11-5-6-12(10-15)13(9-11)17-7-3-4-8-17/h3-9H,1-2H3. The van der Waals surface area contributed by atoms with Crippen molar-refractivity contribution in [1.82, 2.24) is 9.63 Å². The molecule has 0 saturated carbocycles. The van der Waals surface area contributed by atoms with Gasteiger partial charge in [-0.1, -0.05) is 0 Å². The van der Waals surface area contributed by atoms with E-state index in [2.05, 4.69) is 6.07 Å². The molecule has 0 spiro atoms. The highest BCUT2D eigenvalue weighted by atomic mass is 16.7. The van der Waals surface area contributed by atoms with Gasteiger partial charge in [0, 0.05) is 25.0 Å². The number of nitriles is 1. The third-order valence-electron chi connectivity index (χ3n) is 2.81. The van der Waals surface area contributed by atoms with Crippen molar-refractivity contribution < 1.29 is 9.63 Å². The van der Waals surface area contributed by atoms with Crippen molar-refractivity contribution in [2.24, 2.45) is 0 Å². The summed E-state index contributed by atoms with van der Waals surface area (Å²) in [5, 5.41) is 10.3. The van der Waals surface area contributed by atoms with E-state index in [1.54, 1.807) is 22.8 Å². The Morgan fingerprint density at radius 1 is 1.37 bits per heavy atom. The summed E-state index contributed by atoms with van der Waals surface area (Å²) in [6.07, 6.45) is 3.65. The van der Waals surface area contributed by atoms with E-state index in [9.17, 15) is 4.79 Å². The van der Waals surface area contributed by atoms with Crippen LogP contribution in [-0.4, -0.2) is 29.7 Å². The zero-order valence-electron chi connectivity index (χ0n) is 10.7. The first-order chi connectivity index (χ1) is 9.17. The lowest BCUT2D eigenvalue weighted by Crippen LogP contribution is -2.25. The van der Waals surface area contributed by atoms with Crippen LogP contribution in [0, 0.1) is 11.3 Å². The largest absolute Gasteiger partial charge is 0.323 e. The van der Waals surface area contributed by atoms with Crippen LogP contribution in [0.5, 0.6) is 0 Å². The maximum atomic E-state index is 12.0. The topological polar surface area (TPSA) is 58.3 Å². The molecule has 96 valence electrons. The molecule has 1 aromatic carbocycles. The van der Waals surface area contributed by atoms with E-state index < -0.39 is 0 Å². The Hall–Kier alpha value is -2.58. The van der Waals surface area contributed by atoms with Gasteiger partial charge >= 0.3 is 0 Å². The molecule has 2 rings (SSSR count). The van der Waals surface area contributed by atoms with Gasteiger partial charge in [0.2, 0.25) is 0 Å². The monoisotopic (exact) mass is 255 g/mol. The summed E-state index contributed by atoms with van der Waals surface area (Å²) >= 11 is 0. The smallest absolute Gasteiger partial charge is 0.277 e. The minimum Gasteiger partial charge on any atom is -0.323 e. The van der Waals surface area contributed by atoms with Gasteiger partial charge in [-0.3, -0.25) is 9.63 Å². The van der Waals surface area contributed by atoms with Gasteiger partial charge in [0.05, 0.1) is 18.4 Å². The van der Waals surface area contributed by atoms with Crippen LogP contribution in [0.4, 0.5) is 0 Å². The van der Waals surface area contributed by atoms with Crippen LogP contribution < -0.4 is 0 Å². The minimum absolute atomic E-state index is 0.264. The summed E-state index contributed by atoms with van der Waals surface area (Å²) < 4.78 is 1.79. The van der Waals surface area contributed by atoms with Crippen molar-refractivity contribution >= 4 is 5.91 Å². The summed E-state index contributed by atoms with van der Waals surface area (Å²) in [6.45, 7) is 0. The third kappa shape index (κ3) is 2.49. The van der Waals surface area contributed by atoms with Crippen molar-refractivity contribution in [2.45, 2.75) is 0 Å². The molecule has 19 heavy (non-hydrogen) atoms. The first kappa shape index (κ1) is 12.9. The summed E-state index contributed by atoms with van der Waals surface area (Å²) in [5.74, 6) is -0.264. The maximum Gasteiger partial charge on any atom is 0.277 e. The molecule has 0 aliphatic carbocycles. The lowest BCUT2D eigenvalue weighted by Gasteiger charge is -2.15. The Kier molecular flexibility index (Phi) is 3.64. The van der Waals surface area contributed by atoms with Crippen LogP contribution >= 0.6 is 0 Å². The number of nitrogens with zero attached hydrogens (tertiary/aromatic N) is 3. The van der Waals surface area contributed by atoms with Crippen LogP contribution in [0.1, 0.15) is 15.9 Å². The number of hydrogen-bond acceptors (Lipinski definition) is 3. The predicted molar refractivity (Wildman–Crippen MR) is 69.6 cm³/mol. The fraction of sp³-hybridized carbons (Fsp3) is 0.143. The van der Waals surface area contributed by atoms with E-state index in [1.165, 1.54) is 14.2 Å². The molecule has 0 radical (unpaired) electrons. The molecule has 0 aliphatic heterocycles. The van der Waals surface area contributed by atoms with E-state index >= 15 is 0 Å². The second-order valence-electron chi connectivity index (χ2n) is 3.92. The number of aromatic nitrogens is 1. The van der Waals surface area contributed by atoms with Crippen molar-refractivity contribution in [2.75, 3.05) is 14.2 Å². The fourth-order valence-electron chi connectivity index (χ4n) is 1.73. The molecule has 0 unspecified atom stereocenters. The Morgan fingerprint density at radius 2 is 2.05 bits per heavy atom. The highest BCUT2D eigenvalue weighted by Gasteiger charge is 2.14. The summed E-state index contributed by atoms with van der Waals surface area (Å²) in [4.78, 5) is 16.9. The Morgan fingerprint density at radius 3 is 2.63 bits per heavy atom. The zero-order chi connectivity index (χ0) is 13.8. The van der Waals surface area contributed by atoms with Crippen molar-refractivity contribution in [3.8, 4) is 11.8 Å². The van der Waals surface area contributed by atoms with Gasteiger partial charge < -0.3 is 4.57 Å². The van der Waals surface area contributed by atoms with Crippen LogP contribution in [0.25, 0.3) is 5.69 Å². The minimum atomic E-state index is -0.264. The Balaban J connectivity index is 2.48. The highest BCUT2D eigenvalue weighted by Crippen LogP contribution is 2.17. The number of benzene rings is 1. The van der Waals surface area contributed by atoms with Gasteiger partial charge in [0.25, 0.3) is 5.91 Å². The van der Waals surface area contributed by atoms with Gasteiger partial charge in [0.15, 0.2) is 0 Å². The van der Waals surface area contributed by atoms with Gasteiger partial charge in [0.1, 0.15) is 6.07 Å². The molecule has 1 amide bonds. The molecular formula is C14H13N3O2. The zero-order valence-corrected chi connectivity index (χ0v) is 10.7. The van der Waals surface area contributed by atoms with E-state index in [0.717, 1.165) is 5.06 Å². The number of amides is 1. The lowest BCUT2D eigenvalue weighted by atomic mass is 10.1. The van der Waals surface area contributed by atoms with Crippen molar-refractivity contribution in [1.29, 1.82) is 5.26 Å². The first-order valence-electron chi connectivity index (χ1n) is 5.67. The third-order valence-corrected chi connectivity index (χ3v) is 2.81. The molecule has 5 heteroatoms. The normalized spacial score (nSPS) is 9.95. The second-order valence-corrected chi connectivity index (χ2v) is 3.92. The van der Waals surface area contributed by atoms with Crippen molar-refractivity contribution in [3.05, 3.63) is 53.9 Å². The van der Waals surface area contributed by atoms with E-state index in [-0.39, 0.29) is 5.91 Å². The van der Waals surface area contributed by atoms with Gasteiger partial charge in [-0.2, -0.15) is 5.26 Å². The molecule has 0 saturated heterocycles. The Bertz CT molecular complexity index is 627. The number of carbonyl (C=O) groups excluding carboxylic acids is 1. The number of hydrogen-bond donors (Lipinski definition) is 0. The molecule has 1 aromatic heterocycles. The van der Waals surface area contributed by atoms with E-state index in [4.69, 9.17) is 10.1 Å². The average Bonchev–Trinajstić information content (AvgIpc) is 2.99. The summed E-state index contributed by atoms with van der Waals surface area (Å²) in [5.41, 5.74) is 1.64. The van der Waals surface area contributed by atoms with E-state index in [0.29, 0.717) is 16.8 Å². The van der Waals surface area contributed by atoms with Crippen LogP contribution in [-0.2, 0) is 4.84 Å². The quantitative estimate of drug-likeness (QED) is 0.788. The van der Waals surface area contributed by atoms with Gasteiger partial charge in [-0.05, 0) is 30.3 Å². The van der Waals surface area contributed by atoms with Crippen molar-refractivity contribution in [3.63, 3.8) is 0 Å². The Labute approximate surface area is 111 Å². The highest BCUT2D eigenvalue weighted by molar-refractivity contribution is 5.94. The number of rotatable bonds is 3. The number of hydroxylamine groups is 2. The molecule has 0 fully saturated rings. The average molecular weight is 255 g/mol. The fourth-order valence-corrected chi connectivity index (χ4v) is 1.73. The SMILES string of the molecule is CON(C)C(=O)c1ccc(C#N)c(-n2cccc2)c1. The molecule has 1 heterocycles. The molecule has 2 aromatic rings. The molecule has 5 nitrogen and oxygen atoms in total. The van der Waals surface area contributed by atoms with E-state index in [1.807, 2.05) is 24.5 Å². The lowest BCUT2D eigenvalue weighted by molar-refractivity contribution is -0.0756. The molecule has 0 N–H and O–H groups in total. The molecule has 0 atom stereocenters. The summed E-state index contributed by atoms with van der Waals surface area (Å²) in [7, 11) is 2.96.